The van der Waals surface area contributed by atoms with Crippen molar-refractivity contribution in [1.29, 1.82) is 0 Å². The Morgan fingerprint density at radius 1 is 1.32 bits per heavy atom. The first-order valence-corrected chi connectivity index (χ1v) is 7.95. The van der Waals surface area contributed by atoms with E-state index in [0.717, 1.165) is 54.4 Å². The lowest BCUT2D eigenvalue weighted by Gasteiger charge is -2.31. The van der Waals surface area contributed by atoms with Crippen LogP contribution in [-0.2, 0) is 17.8 Å². The van der Waals surface area contributed by atoms with Gasteiger partial charge in [-0.25, -0.2) is 4.39 Å². The van der Waals surface area contributed by atoms with Crippen molar-refractivity contribution >= 4 is 16.8 Å². The van der Waals surface area contributed by atoms with E-state index in [9.17, 15) is 9.18 Å². The summed E-state index contributed by atoms with van der Waals surface area (Å²) in [6.07, 6.45) is 7.88. The minimum absolute atomic E-state index is 0.119. The Morgan fingerprint density at radius 3 is 3.05 bits per heavy atom. The zero-order chi connectivity index (χ0) is 15.1. The van der Waals surface area contributed by atoms with Gasteiger partial charge in [-0.15, -0.1) is 0 Å². The molecule has 4 rings (SSSR count). The first kappa shape index (κ1) is 13.6. The second-order valence-corrected chi connectivity index (χ2v) is 6.26. The number of aromatic amines is 1. The van der Waals surface area contributed by atoms with Crippen molar-refractivity contribution in [1.82, 2.24) is 9.88 Å². The van der Waals surface area contributed by atoms with Gasteiger partial charge in [0.25, 0.3) is 0 Å². The molecular formula is C18H19FN2O. The first-order valence-electron chi connectivity index (χ1n) is 7.95. The molecule has 4 heteroatoms. The van der Waals surface area contributed by atoms with Crippen LogP contribution >= 0.6 is 0 Å². The van der Waals surface area contributed by atoms with Crippen molar-refractivity contribution in [2.24, 2.45) is 5.92 Å². The van der Waals surface area contributed by atoms with Crippen molar-refractivity contribution in [3.8, 4) is 0 Å². The molecule has 1 amide bonds. The standard InChI is InChI=1S/C18H19FN2O/c19-13-6-7-16-14(10-13)15-11-21(9-8-17(15)20-16)18(22)12-4-2-1-3-5-12/h1-2,6-7,10,12,20H,3-5,8-9,11H2/t12-/m1/s1. The van der Waals surface area contributed by atoms with Crippen molar-refractivity contribution in [2.75, 3.05) is 6.54 Å². The van der Waals surface area contributed by atoms with Crippen LogP contribution in [0.2, 0.25) is 0 Å². The highest BCUT2D eigenvalue weighted by atomic mass is 19.1. The van der Waals surface area contributed by atoms with E-state index >= 15 is 0 Å². The quantitative estimate of drug-likeness (QED) is 0.803. The van der Waals surface area contributed by atoms with E-state index in [1.165, 1.54) is 6.07 Å². The third-order valence-corrected chi connectivity index (χ3v) is 4.87. The highest BCUT2D eigenvalue weighted by Gasteiger charge is 2.28. The lowest BCUT2D eigenvalue weighted by Crippen LogP contribution is -2.39. The van der Waals surface area contributed by atoms with Crippen LogP contribution in [0.25, 0.3) is 10.9 Å². The summed E-state index contributed by atoms with van der Waals surface area (Å²) < 4.78 is 13.5. The number of fused-ring (bicyclic) bond motifs is 3. The van der Waals surface area contributed by atoms with Crippen LogP contribution in [0.3, 0.4) is 0 Å². The molecule has 114 valence electrons. The van der Waals surface area contributed by atoms with Gasteiger partial charge in [-0.05, 0) is 37.5 Å². The van der Waals surface area contributed by atoms with Gasteiger partial charge in [0, 0.05) is 47.6 Å². The molecule has 1 aromatic carbocycles. The fraction of sp³-hybridized carbons (Fsp3) is 0.389. The summed E-state index contributed by atoms with van der Waals surface area (Å²) in [6.45, 7) is 1.35. The first-order chi connectivity index (χ1) is 10.7. The molecule has 0 fully saturated rings. The molecule has 0 unspecified atom stereocenters. The summed E-state index contributed by atoms with van der Waals surface area (Å²) in [5, 5.41) is 0.913. The van der Waals surface area contributed by atoms with Crippen molar-refractivity contribution in [3.05, 3.63) is 47.4 Å². The summed E-state index contributed by atoms with van der Waals surface area (Å²) in [6, 6.07) is 4.82. The number of nitrogens with one attached hydrogen (secondary N) is 1. The monoisotopic (exact) mass is 298 g/mol. The van der Waals surface area contributed by atoms with Gasteiger partial charge in [0.05, 0.1) is 0 Å². The number of aromatic nitrogens is 1. The van der Waals surface area contributed by atoms with Gasteiger partial charge in [-0.2, -0.15) is 0 Å². The van der Waals surface area contributed by atoms with E-state index in [-0.39, 0.29) is 17.6 Å². The molecule has 1 aliphatic heterocycles. The van der Waals surface area contributed by atoms with E-state index in [1.807, 2.05) is 4.90 Å². The Hall–Kier alpha value is -2.10. The zero-order valence-electron chi connectivity index (χ0n) is 12.4. The number of amides is 1. The number of carbonyl (C=O) groups is 1. The number of benzene rings is 1. The summed E-state index contributed by atoms with van der Waals surface area (Å²) in [7, 11) is 0. The van der Waals surface area contributed by atoms with Crippen LogP contribution < -0.4 is 0 Å². The molecule has 1 aromatic heterocycles. The summed E-state index contributed by atoms with van der Waals surface area (Å²) >= 11 is 0. The van der Waals surface area contributed by atoms with E-state index in [4.69, 9.17) is 0 Å². The fourth-order valence-corrected chi connectivity index (χ4v) is 3.65. The average Bonchev–Trinajstić information content (AvgIpc) is 2.92. The molecule has 0 spiro atoms. The normalized spacial score (nSPS) is 21.1. The second kappa shape index (κ2) is 5.27. The third kappa shape index (κ3) is 2.23. The largest absolute Gasteiger partial charge is 0.358 e. The maximum absolute atomic E-state index is 13.5. The van der Waals surface area contributed by atoms with Crippen LogP contribution in [-0.4, -0.2) is 22.3 Å². The number of hydrogen-bond donors (Lipinski definition) is 1. The molecule has 0 radical (unpaired) electrons. The lowest BCUT2D eigenvalue weighted by atomic mass is 9.92. The van der Waals surface area contributed by atoms with E-state index in [2.05, 4.69) is 17.1 Å². The Balaban J connectivity index is 1.63. The lowest BCUT2D eigenvalue weighted by molar-refractivity contribution is -0.136. The number of rotatable bonds is 1. The van der Waals surface area contributed by atoms with E-state index in [1.54, 1.807) is 12.1 Å². The second-order valence-electron chi connectivity index (χ2n) is 6.26. The van der Waals surface area contributed by atoms with Crippen LogP contribution in [0, 0.1) is 11.7 Å². The molecular weight excluding hydrogens is 279 g/mol. The molecule has 0 bridgehead atoms. The molecule has 0 saturated heterocycles. The van der Waals surface area contributed by atoms with Crippen LogP contribution in [0.1, 0.15) is 30.5 Å². The van der Waals surface area contributed by atoms with Gasteiger partial charge in [-0.3, -0.25) is 4.79 Å². The molecule has 22 heavy (non-hydrogen) atoms. The summed E-state index contributed by atoms with van der Waals surface area (Å²) in [5.41, 5.74) is 3.19. The van der Waals surface area contributed by atoms with Crippen molar-refractivity contribution < 1.29 is 9.18 Å². The molecule has 1 atom stereocenters. The van der Waals surface area contributed by atoms with Gasteiger partial charge in [0.15, 0.2) is 0 Å². The SMILES string of the molecule is O=C([C@@H]1CC=CCC1)N1CCc2[nH]c3ccc(F)cc3c2C1. The molecule has 2 aliphatic rings. The number of nitrogens with zero attached hydrogens (tertiary/aromatic N) is 1. The topological polar surface area (TPSA) is 36.1 Å². The predicted octanol–water partition coefficient (Wildman–Crippen LogP) is 3.55. The van der Waals surface area contributed by atoms with Gasteiger partial charge < -0.3 is 9.88 Å². The minimum atomic E-state index is -0.227. The Kier molecular flexibility index (Phi) is 3.25. The van der Waals surface area contributed by atoms with Gasteiger partial charge in [0.1, 0.15) is 5.82 Å². The molecule has 0 saturated carbocycles. The molecule has 3 nitrogen and oxygen atoms in total. The smallest absolute Gasteiger partial charge is 0.226 e. The Bertz CT molecular complexity index is 762. The van der Waals surface area contributed by atoms with Gasteiger partial charge in [-0.1, -0.05) is 12.2 Å². The fourth-order valence-electron chi connectivity index (χ4n) is 3.65. The van der Waals surface area contributed by atoms with E-state index < -0.39 is 0 Å². The minimum Gasteiger partial charge on any atom is -0.358 e. The summed E-state index contributed by atoms with van der Waals surface area (Å²) in [4.78, 5) is 18.0. The molecule has 1 N–H and O–H groups in total. The number of halogens is 1. The highest BCUT2D eigenvalue weighted by Crippen LogP contribution is 2.30. The molecule has 2 heterocycles. The van der Waals surface area contributed by atoms with Gasteiger partial charge in [0.2, 0.25) is 5.91 Å². The van der Waals surface area contributed by atoms with Crippen molar-refractivity contribution in [3.63, 3.8) is 0 Å². The maximum atomic E-state index is 13.5. The number of hydrogen-bond acceptors (Lipinski definition) is 1. The maximum Gasteiger partial charge on any atom is 0.226 e. The van der Waals surface area contributed by atoms with Crippen LogP contribution in [0.5, 0.6) is 0 Å². The predicted molar refractivity (Wildman–Crippen MR) is 83.9 cm³/mol. The van der Waals surface area contributed by atoms with Gasteiger partial charge >= 0.3 is 0 Å². The highest BCUT2D eigenvalue weighted by molar-refractivity contribution is 5.86. The summed E-state index contributed by atoms with van der Waals surface area (Å²) in [5.74, 6) is 0.143. The van der Waals surface area contributed by atoms with E-state index in [0.29, 0.717) is 6.54 Å². The number of carbonyl (C=O) groups excluding carboxylic acids is 1. The third-order valence-electron chi connectivity index (χ3n) is 4.87. The molecule has 2 aromatic rings. The number of H-pyrrole nitrogens is 1. The molecule has 1 aliphatic carbocycles. The number of allylic oxidation sites excluding steroid dienone is 2. The van der Waals surface area contributed by atoms with Crippen LogP contribution in [0.4, 0.5) is 4.39 Å². The average molecular weight is 298 g/mol. The Morgan fingerprint density at radius 2 is 2.23 bits per heavy atom. The Labute approximate surface area is 128 Å². The van der Waals surface area contributed by atoms with Crippen LogP contribution in [0.15, 0.2) is 30.4 Å². The zero-order valence-corrected chi connectivity index (χ0v) is 12.4. The van der Waals surface area contributed by atoms with Crippen molar-refractivity contribution in [2.45, 2.75) is 32.2 Å².